The molecule has 0 saturated heterocycles. The van der Waals surface area contributed by atoms with Gasteiger partial charge < -0.3 is 15.3 Å². The lowest BCUT2D eigenvalue weighted by Crippen LogP contribution is -2.56. The molecule has 1 fully saturated rings. The molecule has 0 atom stereocenters. The SMILES string of the molecule is CCCN(CCC)C(=O)CCCC(=O)NC1(C(=O)O)CCC(C)CC1. The van der Waals surface area contributed by atoms with Crippen molar-refractivity contribution in [2.75, 3.05) is 13.1 Å². The zero-order chi connectivity index (χ0) is 18.9. The maximum absolute atomic E-state index is 12.2. The van der Waals surface area contributed by atoms with Gasteiger partial charge in [0.05, 0.1) is 0 Å². The Hall–Kier alpha value is -1.59. The van der Waals surface area contributed by atoms with Crippen molar-refractivity contribution >= 4 is 17.8 Å². The molecule has 1 aliphatic rings. The fourth-order valence-corrected chi connectivity index (χ4v) is 3.44. The largest absolute Gasteiger partial charge is 0.480 e. The monoisotopic (exact) mass is 354 g/mol. The van der Waals surface area contributed by atoms with Crippen molar-refractivity contribution in [3.63, 3.8) is 0 Å². The number of hydrogen-bond acceptors (Lipinski definition) is 3. The van der Waals surface area contributed by atoms with Crippen molar-refractivity contribution in [1.82, 2.24) is 10.2 Å². The molecule has 0 aliphatic heterocycles. The van der Waals surface area contributed by atoms with E-state index in [1.54, 1.807) is 0 Å². The average Bonchev–Trinajstić information content (AvgIpc) is 2.56. The van der Waals surface area contributed by atoms with Crippen LogP contribution in [0.4, 0.5) is 0 Å². The minimum absolute atomic E-state index is 0.0796. The molecule has 2 amide bonds. The summed E-state index contributed by atoms with van der Waals surface area (Å²) in [5.74, 6) is -0.621. The zero-order valence-corrected chi connectivity index (χ0v) is 16.0. The fourth-order valence-electron chi connectivity index (χ4n) is 3.44. The van der Waals surface area contributed by atoms with Crippen LogP contribution < -0.4 is 5.32 Å². The zero-order valence-electron chi connectivity index (χ0n) is 16.0. The Balaban J connectivity index is 2.45. The van der Waals surface area contributed by atoms with Gasteiger partial charge in [0.15, 0.2) is 0 Å². The molecule has 144 valence electrons. The van der Waals surface area contributed by atoms with Crippen LogP contribution in [0.2, 0.25) is 0 Å². The molecule has 0 bridgehead atoms. The van der Waals surface area contributed by atoms with Gasteiger partial charge in [0.1, 0.15) is 5.54 Å². The van der Waals surface area contributed by atoms with Crippen LogP contribution in [-0.2, 0) is 14.4 Å². The second-order valence-corrected chi connectivity index (χ2v) is 7.35. The van der Waals surface area contributed by atoms with Crippen LogP contribution in [0, 0.1) is 5.92 Å². The number of carboxylic acids is 1. The van der Waals surface area contributed by atoms with Gasteiger partial charge in [-0.1, -0.05) is 20.8 Å². The van der Waals surface area contributed by atoms with Gasteiger partial charge in [-0.05, 0) is 50.9 Å². The Bertz CT molecular complexity index is 450. The maximum atomic E-state index is 12.2. The summed E-state index contributed by atoms with van der Waals surface area (Å²) < 4.78 is 0. The van der Waals surface area contributed by atoms with Crippen molar-refractivity contribution < 1.29 is 19.5 Å². The van der Waals surface area contributed by atoms with Crippen molar-refractivity contribution in [2.24, 2.45) is 5.92 Å². The summed E-state index contributed by atoms with van der Waals surface area (Å²) in [7, 11) is 0. The molecule has 2 N–H and O–H groups in total. The molecule has 0 aromatic heterocycles. The fraction of sp³-hybridized carbons (Fsp3) is 0.842. The molecule has 0 spiro atoms. The predicted molar refractivity (Wildman–Crippen MR) is 97.2 cm³/mol. The lowest BCUT2D eigenvalue weighted by atomic mass is 9.77. The number of aliphatic carboxylic acids is 1. The number of rotatable bonds is 10. The number of nitrogens with zero attached hydrogens (tertiary/aromatic N) is 1. The third-order valence-electron chi connectivity index (χ3n) is 5.05. The van der Waals surface area contributed by atoms with Crippen LogP contribution >= 0.6 is 0 Å². The van der Waals surface area contributed by atoms with Gasteiger partial charge in [0.25, 0.3) is 0 Å². The van der Waals surface area contributed by atoms with E-state index in [1.807, 2.05) is 18.7 Å². The number of carbonyl (C=O) groups excluding carboxylic acids is 2. The first-order chi connectivity index (χ1) is 11.8. The number of nitrogens with one attached hydrogen (secondary N) is 1. The average molecular weight is 354 g/mol. The molecule has 0 aromatic carbocycles. The minimum Gasteiger partial charge on any atom is -0.480 e. The highest BCUT2D eigenvalue weighted by molar-refractivity contribution is 5.87. The van der Waals surface area contributed by atoms with Gasteiger partial charge in [-0.15, -0.1) is 0 Å². The Kier molecular flexibility index (Phi) is 8.93. The summed E-state index contributed by atoms with van der Waals surface area (Å²) in [4.78, 5) is 37.9. The van der Waals surface area contributed by atoms with E-state index in [1.165, 1.54) is 0 Å². The predicted octanol–water partition coefficient (Wildman–Crippen LogP) is 2.96. The number of hydrogen-bond donors (Lipinski definition) is 2. The molecule has 25 heavy (non-hydrogen) atoms. The molecule has 1 saturated carbocycles. The second kappa shape index (κ2) is 10.4. The Labute approximate surface area is 151 Å². The summed E-state index contributed by atoms with van der Waals surface area (Å²) in [6.07, 6.45) is 5.43. The van der Waals surface area contributed by atoms with Crippen molar-refractivity contribution in [2.45, 2.75) is 84.1 Å². The first-order valence-corrected chi connectivity index (χ1v) is 9.66. The van der Waals surface area contributed by atoms with Crippen molar-refractivity contribution in [3.05, 3.63) is 0 Å². The van der Waals surface area contributed by atoms with Crippen LogP contribution in [0.15, 0.2) is 0 Å². The van der Waals surface area contributed by atoms with E-state index in [4.69, 9.17) is 0 Å². The highest BCUT2D eigenvalue weighted by Gasteiger charge is 2.42. The summed E-state index contributed by atoms with van der Waals surface area (Å²) in [6.45, 7) is 7.69. The molecule has 0 aromatic rings. The van der Waals surface area contributed by atoms with Gasteiger partial charge >= 0.3 is 5.97 Å². The van der Waals surface area contributed by atoms with E-state index in [0.717, 1.165) is 38.8 Å². The first kappa shape index (κ1) is 21.5. The second-order valence-electron chi connectivity index (χ2n) is 7.35. The molecular formula is C19H34N2O4. The topological polar surface area (TPSA) is 86.7 Å². The Morgan fingerprint density at radius 3 is 2.12 bits per heavy atom. The molecule has 0 heterocycles. The van der Waals surface area contributed by atoms with Gasteiger partial charge in [0, 0.05) is 25.9 Å². The van der Waals surface area contributed by atoms with Gasteiger partial charge in [-0.25, -0.2) is 4.79 Å². The standard InChI is InChI=1S/C19H34N2O4/c1-4-13-21(14-5-2)17(23)8-6-7-16(22)20-19(18(24)25)11-9-15(3)10-12-19/h15H,4-14H2,1-3H3,(H,20,22)(H,24,25). The van der Waals surface area contributed by atoms with Gasteiger partial charge in [0.2, 0.25) is 11.8 Å². The minimum atomic E-state index is -1.12. The molecule has 1 aliphatic carbocycles. The number of carbonyl (C=O) groups is 3. The van der Waals surface area contributed by atoms with Crippen molar-refractivity contribution in [3.8, 4) is 0 Å². The van der Waals surface area contributed by atoms with Crippen LogP contribution in [0.1, 0.15) is 78.6 Å². The van der Waals surface area contributed by atoms with E-state index in [2.05, 4.69) is 12.2 Å². The molecule has 6 heteroatoms. The molecule has 0 radical (unpaired) electrons. The van der Waals surface area contributed by atoms with E-state index < -0.39 is 11.5 Å². The third kappa shape index (κ3) is 6.67. The van der Waals surface area contributed by atoms with Crippen molar-refractivity contribution in [1.29, 1.82) is 0 Å². The van der Waals surface area contributed by atoms with E-state index in [0.29, 0.717) is 31.6 Å². The summed E-state index contributed by atoms with van der Waals surface area (Å²) >= 11 is 0. The van der Waals surface area contributed by atoms with Gasteiger partial charge in [-0.3, -0.25) is 9.59 Å². The van der Waals surface area contributed by atoms with Crippen LogP contribution in [-0.4, -0.2) is 46.4 Å². The Morgan fingerprint density at radius 2 is 1.64 bits per heavy atom. The first-order valence-electron chi connectivity index (χ1n) is 9.66. The van der Waals surface area contributed by atoms with E-state index >= 15 is 0 Å². The quantitative estimate of drug-likeness (QED) is 0.631. The van der Waals surface area contributed by atoms with Crippen LogP contribution in [0.3, 0.4) is 0 Å². The molecular weight excluding hydrogens is 320 g/mol. The lowest BCUT2D eigenvalue weighted by Gasteiger charge is -2.36. The third-order valence-corrected chi connectivity index (χ3v) is 5.05. The lowest BCUT2D eigenvalue weighted by molar-refractivity contribution is -0.149. The maximum Gasteiger partial charge on any atom is 0.329 e. The summed E-state index contributed by atoms with van der Waals surface area (Å²) in [5, 5.41) is 12.3. The summed E-state index contributed by atoms with van der Waals surface area (Å²) in [5.41, 5.74) is -1.12. The van der Waals surface area contributed by atoms with E-state index in [-0.39, 0.29) is 18.2 Å². The number of carboxylic acid groups (broad SMARTS) is 1. The van der Waals surface area contributed by atoms with Crippen LogP contribution in [0.5, 0.6) is 0 Å². The summed E-state index contributed by atoms with van der Waals surface area (Å²) in [6, 6.07) is 0. The Morgan fingerprint density at radius 1 is 1.08 bits per heavy atom. The molecule has 6 nitrogen and oxygen atoms in total. The van der Waals surface area contributed by atoms with E-state index in [9.17, 15) is 19.5 Å². The molecule has 1 rings (SSSR count). The highest BCUT2D eigenvalue weighted by atomic mass is 16.4. The van der Waals surface area contributed by atoms with Gasteiger partial charge in [-0.2, -0.15) is 0 Å². The van der Waals surface area contributed by atoms with Crippen LogP contribution in [0.25, 0.3) is 0 Å². The smallest absolute Gasteiger partial charge is 0.329 e. The number of amides is 2. The molecule has 0 unspecified atom stereocenters. The normalized spacial score (nSPS) is 23.1. The highest BCUT2D eigenvalue weighted by Crippen LogP contribution is 2.32.